The van der Waals surface area contributed by atoms with Crippen LogP contribution in [0.5, 0.6) is 5.75 Å². The van der Waals surface area contributed by atoms with E-state index >= 15 is 0 Å². The number of benzene rings is 2. The summed E-state index contributed by atoms with van der Waals surface area (Å²) in [7, 11) is 0. The molecule has 0 aliphatic heterocycles. The van der Waals surface area contributed by atoms with Crippen molar-refractivity contribution < 1.29 is 23.9 Å². The standard InChI is InChI=1S/C22H23NO5/c1-4-27-21-11-10-18(15(2)24)13-19(21)14-28-22(26)20(23-16(3)25)12-17-8-6-5-7-9-17/h5-13H,4,14H2,1-3H3,(H,23,25)/b20-12-. The number of amides is 1. The van der Waals surface area contributed by atoms with Gasteiger partial charge in [-0.25, -0.2) is 4.79 Å². The van der Waals surface area contributed by atoms with Crippen molar-refractivity contribution in [3.05, 3.63) is 70.9 Å². The van der Waals surface area contributed by atoms with Crippen molar-refractivity contribution in [2.45, 2.75) is 27.4 Å². The molecule has 0 saturated heterocycles. The molecule has 2 aromatic carbocycles. The van der Waals surface area contributed by atoms with Crippen LogP contribution in [0.3, 0.4) is 0 Å². The van der Waals surface area contributed by atoms with E-state index in [0.717, 1.165) is 5.56 Å². The minimum absolute atomic E-state index is 0.0272. The van der Waals surface area contributed by atoms with E-state index in [1.165, 1.54) is 13.8 Å². The topological polar surface area (TPSA) is 81.7 Å². The normalized spacial score (nSPS) is 10.9. The minimum atomic E-state index is -0.685. The summed E-state index contributed by atoms with van der Waals surface area (Å²) in [5.74, 6) is -0.630. The van der Waals surface area contributed by atoms with Crippen LogP contribution >= 0.6 is 0 Å². The quantitative estimate of drug-likeness (QED) is 0.430. The lowest BCUT2D eigenvalue weighted by Crippen LogP contribution is -2.26. The largest absolute Gasteiger partial charge is 0.493 e. The van der Waals surface area contributed by atoms with Gasteiger partial charge in [-0.05, 0) is 43.7 Å². The van der Waals surface area contributed by atoms with E-state index in [0.29, 0.717) is 23.5 Å². The van der Waals surface area contributed by atoms with Gasteiger partial charge in [-0.3, -0.25) is 9.59 Å². The maximum absolute atomic E-state index is 12.5. The predicted molar refractivity (Wildman–Crippen MR) is 106 cm³/mol. The molecule has 0 aromatic heterocycles. The molecule has 0 aliphatic rings. The van der Waals surface area contributed by atoms with Gasteiger partial charge in [0.15, 0.2) is 5.78 Å². The Morgan fingerprint density at radius 1 is 1.04 bits per heavy atom. The molecule has 146 valence electrons. The van der Waals surface area contributed by atoms with Gasteiger partial charge in [0.25, 0.3) is 0 Å². The molecule has 0 spiro atoms. The van der Waals surface area contributed by atoms with Gasteiger partial charge in [0.1, 0.15) is 18.1 Å². The Morgan fingerprint density at radius 2 is 1.75 bits per heavy atom. The third kappa shape index (κ3) is 6.09. The van der Waals surface area contributed by atoms with Crippen LogP contribution in [-0.2, 0) is 20.9 Å². The molecule has 6 nitrogen and oxygen atoms in total. The number of hydrogen-bond acceptors (Lipinski definition) is 5. The summed E-state index contributed by atoms with van der Waals surface area (Å²) in [6.45, 7) is 4.96. The van der Waals surface area contributed by atoms with Gasteiger partial charge < -0.3 is 14.8 Å². The van der Waals surface area contributed by atoms with Gasteiger partial charge in [-0.1, -0.05) is 30.3 Å². The molecular weight excluding hydrogens is 358 g/mol. The van der Waals surface area contributed by atoms with Crippen LogP contribution in [0.1, 0.15) is 42.3 Å². The molecule has 0 fully saturated rings. The first-order valence-electron chi connectivity index (χ1n) is 8.88. The Kier molecular flexibility index (Phi) is 7.51. The van der Waals surface area contributed by atoms with Crippen molar-refractivity contribution in [1.29, 1.82) is 0 Å². The van der Waals surface area contributed by atoms with E-state index in [1.54, 1.807) is 36.4 Å². The maximum Gasteiger partial charge on any atom is 0.355 e. The van der Waals surface area contributed by atoms with E-state index in [1.807, 2.05) is 25.1 Å². The van der Waals surface area contributed by atoms with Crippen molar-refractivity contribution >= 4 is 23.7 Å². The summed E-state index contributed by atoms with van der Waals surface area (Å²) < 4.78 is 10.9. The molecule has 0 unspecified atom stereocenters. The number of Topliss-reactive ketones (excluding diaryl/α,β-unsaturated/α-hetero) is 1. The fourth-order valence-electron chi connectivity index (χ4n) is 2.48. The molecule has 1 N–H and O–H groups in total. The van der Waals surface area contributed by atoms with Crippen LogP contribution in [0.2, 0.25) is 0 Å². The number of carbonyl (C=O) groups is 3. The van der Waals surface area contributed by atoms with Crippen molar-refractivity contribution in [3.8, 4) is 5.75 Å². The first-order valence-corrected chi connectivity index (χ1v) is 8.88. The number of nitrogens with one attached hydrogen (secondary N) is 1. The van der Waals surface area contributed by atoms with Crippen molar-refractivity contribution in [3.63, 3.8) is 0 Å². The smallest absolute Gasteiger partial charge is 0.355 e. The molecule has 2 aromatic rings. The highest BCUT2D eigenvalue weighted by Crippen LogP contribution is 2.22. The lowest BCUT2D eigenvalue weighted by atomic mass is 10.1. The first-order chi connectivity index (χ1) is 13.4. The van der Waals surface area contributed by atoms with Crippen LogP contribution < -0.4 is 10.1 Å². The Balaban J connectivity index is 2.22. The van der Waals surface area contributed by atoms with E-state index in [9.17, 15) is 14.4 Å². The molecule has 2 rings (SSSR count). The monoisotopic (exact) mass is 381 g/mol. The number of rotatable bonds is 8. The van der Waals surface area contributed by atoms with Gasteiger partial charge in [0, 0.05) is 18.1 Å². The molecule has 0 aliphatic carbocycles. The zero-order valence-corrected chi connectivity index (χ0v) is 16.2. The highest BCUT2D eigenvalue weighted by molar-refractivity contribution is 5.97. The number of carbonyl (C=O) groups excluding carboxylic acids is 3. The molecule has 0 radical (unpaired) electrons. The third-order valence-electron chi connectivity index (χ3n) is 3.77. The van der Waals surface area contributed by atoms with E-state index < -0.39 is 5.97 Å². The molecule has 0 saturated carbocycles. The Morgan fingerprint density at radius 3 is 2.36 bits per heavy atom. The van der Waals surface area contributed by atoms with Crippen molar-refractivity contribution in [2.75, 3.05) is 6.61 Å². The fraction of sp³-hybridized carbons (Fsp3) is 0.227. The minimum Gasteiger partial charge on any atom is -0.493 e. The van der Waals surface area contributed by atoms with E-state index in [-0.39, 0.29) is 24.0 Å². The highest BCUT2D eigenvalue weighted by Gasteiger charge is 2.15. The lowest BCUT2D eigenvalue weighted by Gasteiger charge is -2.13. The molecule has 0 heterocycles. The van der Waals surface area contributed by atoms with Crippen LogP contribution in [0.4, 0.5) is 0 Å². The molecule has 0 bridgehead atoms. The SMILES string of the molecule is CCOc1ccc(C(C)=O)cc1COC(=O)/C(=C/c1ccccc1)NC(C)=O. The lowest BCUT2D eigenvalue weighted by molar-refractivity contribution is -0.141. The summed E-state index contributed by atoms with van der Waals surface area (Å²) in [4.78, 5) is 35.6. The first kappa shape index (κ1) is 20.9. The second-order valence-electron chi connectivity index (χ2n) is 6.04. The van der Waals surface area contributed by atoms with Gasteiger partial charge in [-0.2, -0.15) is 0 Å². The molecule has 28 heavy (non-hydrogen) atoms. The number of esters is 1. The average Bonchev–Trinajstić information content (AvgIpc) is 2.67. The van der Waals surface area contributed by atoms with Gasteiger partial charge >= 0.3 is 5.97 Å². The summed E-state index contributed by atoms with van der Waals surface area (Å²) >= 11 is 0. The second-order valence-corrected chi connectivity index (χ2v) is 6.04. The number of ketones is 1. The summed E-state index contributed by atoms with van der Waals surface area (Å²) in [5.41, 5.74) is 1.84. The van der Waals surface area contributed by atoms with Crippen molar-refractivity contribution in [1.82, 2.24) is 5.32 Å². The summed E-state index contributed by atoms with van der Waals surface area (Å²) in [5, 5.41) is 2.50. The fourth-order valence-corrected chi connectivity index (χ4v) is 2.48. The zero-order chi connectivity index (χ0) is 20.5. The van der Waals surface area contributed by atoms with Gasteiger partial charge in [-0.15, -0.1) is 0 Å². The molecular formula is C22H23NO5. The van der Waals surface area contributed by atoms with E-state index in [2.05, 4.69) is 5.32 Å². The Labute approximate surface area is 164 Å². The predicted octanol–water partition coefficient (Wildman–Crippen LogP) is 3.51. The second kappa shape index (κ2) is 10.1. The van der Waals surface area contributed by atoms with Crippen molar-refractivity contribution in [2.24, 2.45) is 0 Å². The summed E-state index contributed by atoms with van der Waals surface area (Å²) in [6.07, 6.45) is 1.54. The van der Waals surface area contributed by atoms with Crippen LogP contribution in [0, 0.1) is 0 Å². The average molecular weight is 381 g/mol. The molecule has 0 atom stereocenters. The Bertz CT molecular complexity index is 887. The van der Waals surface area contributed by atoms with Crippen LogP contribution in [-0.4, -0.2) is 24.3 Å². The molecule has 6 heteroatoms. The van der Waals surface area contributed by atoms with Gasteiger partial charge in [0.2, 0.25) is 5.91 Å². The van der Waals surface area contributed by atoms with Crippen LogP contribution in [0.25, 0.3) is 6.08 Å². The maximum atomic E-state index is 12.5. The highest BCUT2D eigenvalue weighted by atomic mass is 16.5. The van der Waals surface area contributed by atoms with Gasteiger partial charge in [0.05, 0.1) is 6.61 Å². The number of hydrogen-bond donors (Lipinski definition) is 1. The zero-order valence-electron chi connectivity index (χ0n) is 16.2. The van der Waals surface area contributed by atoms with E-state index in [4.69, 9.17) is 9.47 Å². The number of ether oxygens (including phenoxy) is 2. The third-order valence-corrected chi connectivity index (χ3v) is 3.77. The molecule has 1 amide bonds. The Hall–Kier alpha value is -3.41. The summed E-state index contributed by atoms with van der Waals surface area (Å²) in [6, 6.07) is 14.1. The van der Waals surface area contributed by atoms with Crippen LogP contribution in [0.15, 0.2) is 54.2 Å².